The number of hydrogen-bond acceptors (Lipinski definition) is 3. The summed E-state index contributed by atoms with van der Waals surface area (Å²) in [7, 11) is 1.67. The van der Waals surface area contributed by atoms with Gasteiger partial charge in [0.1, 0.15) is 11.5 Å². The van der Waals surface area contributed by atoms with E-state index in [2.05, 4.69) is 17.4 Å². The fourth-order valence-electron chi connectivity index (χ4n) is 2.59. The molecule has 0 aliphatic heterocycles. The summed E-state index contributed by atoms with van der Waals surface area (Å²) in [6, 6.07) is 15.8. The number of carbonyl (C=O) groups excluding carboxylic acids is 1. The topological polar surface area (TPSA) is 47.6 Å². The Bertz CT molecular complexity index is 635. The Morgan fingerprint density at radius 1 is 0.920 bits per heavy atom. The Balaban J connectivity index is 1.61. The highest BCUT2D eigenvalue weighted by Crippen LogP contribution is 2.13. The number of ether oxygens (including phenoxy) is 2. The summed E-state index contributed by atoms with van der Waals surface area (Å²) >= 11 is 0. The maximum absolute atomic E-state index is 12.0. The number of nitrogens with one attached hydrogen (secondary N) is 1. The first-order chi connectivity index (χ1) is 12.2. The molecule has 0 radical (unpaired) electrons. The van der Waals surface area contributed by atoms with Crippen molar-refractivity contribution in [1.82, 2.24) is 5.32 Å². The van der Waals surface area contributed by atoms with Crippen molar-refractivity contribution < 1.29 is 14.3 Å². The molecule has 0 unspecified atom stereocenters. The number of unbranched alkanes of at least 4 members (excludes halogenated alkanes) is 1. The van der Waals surface area contributed by atoms with Gasteiger partial charge >= 0.3 is 0 Å². The van der Waals surface area contributed by atoms with Crippen LogP contribution >= 0.6 is 0 Å². The van der Waals surface area contributed by atoms with E-state index in [1.165, 1.54) is 5.56 Å². The zero-order chi connectivity index (χ0) is 17.9. The second kappa shape index (κ2) is 10.4. The van der Waals surface area contributed by atoms with Gasteiger partial charge in [0.2, 0.25) is 5.91 Å². The van der Waals surface area contributed by atoms with E-state index in [1.54, 1.807) is 7.11 Å². The fraction of sp³-hybridized carbons (Fsp3) is 0.381. The SMILES string of the molecule is CCOc1ccc(CC(=O)NCCCCc2ccc(OC)cc2)cc1. The minimum Gasteiger partial charge on any atom is -0.497 e. The van der Waals surface area contributed by atoms with Crippen molar-refractivity contribution in [3.05, 3.63) is 59.7 Å². The molecule has 0 saturated heterocycles. The molecular formula is C21H27NO3. The van der Waals surface area contributed by atoms with E-state index in [4.69, 9.17) is 9.47 Å². The fourth-order valence-corrected chi connectivity index (χ4v) is 2.59. The molecule has 25 heavy (non-hydrogen) atoms. The highest BCUT2D eigenvalue weighted by atomic mass is 16.5. The lowest BCUT2D eigenvalue weighted by molar-refractivity contribution is -0.120. The molecule has 0 atom stereocenters. The van der Waals surface area contributed by atoms with Gasteiger partial charge < -0.3 is 14.8 Å². The lowest BCUT2D eigenvalue weighted by Gasteiger charge is -2.07. The van der Waals surface area contributed by atoms with Gasteiger partial charge in [0, 0.05) is 6.54 Å². The van der Waals surface area contributed by atoms with Crippen LogP contribution in [0.5, 0.6) is 11.5 Å². The summed E-state index contributed by atoms with van der Waals surface area (Å²) in [6.45, 7) is 3.32. The van der Waals surface area contributed by atoms with Crippen LogP contribution in [-0.4, -0.2) is 26.2 Å². The quantitative estimate of drug-likeness (QED) is 0.669. The van der Waals surface area contributed by atoms with Gasteiger partial charge in [0.05, 0.1) is 20.1 Å². The van der Waals surface area contributed by atoms with Gasteiger partial charge in [0.15, 0.2) is 0 Å². The molecule has 0 bridgehead atoms. The standard InChI is InChI=1S/C21H27NO3/c1-3-25-20-13-9-18(10-14-20)16-21(23)22-15-5-4-6-17-7-11-19(24-2)12-8-17/h7-14H,3-6,15-16H2,1-2H3,(H,22,23). The molecule has 0 saturated carbocycles. The smallest absolute Gasteiger partial charge is 0.224 e. The van der Waals surface area contributed by atoms with Gasteiger partial charge in [-0.15, -0.1) is 0 Å². The average molecular weight is 341 g/mol. The first-order valence-electron chi connectivity index (χ1n) is 8.82. The van der Waals surface area contributed by atoms with Crippen molar-refractivity contribution >= 4 is 5.91 Å². The maximum atomic E-state index is 12.0. The van der Waals surface area contributed by atoms with Crippen LogP contribution in [0.25, 0.3) is 0 Å². The molecule has 0 fully saturated rings. The van der Waals surface area contributed by atoms with Crippen molar-refractivity contribution in [2.24, 2.45) is 0 Å². The van der Waals surface area contributed by atoms with E-state index < -0.39 is 0 Å². The van der Waals surface area contributed by atoms with Crippen LogP contribution in [0, 0.1) is 0 Å². The molecule has 4 heteroatoms. The summed E-state index contributed by atoms with van der Waals surface area (Å²) in [5.41, 5.74) is 2.29. The van der Waals surface area contributed by atoms with Crippen LogP contribution in [0.4, 0.5) is 0 Å². The Hall–Kier alpha value is -2.49. The Kier molecular flexibility index (Phi) is 7.83. The van der Waals surface area contributed by atoms with Crippen LogP contribution in [0.2, 0.25) is 0 Å². The second-order valence-corrected chi connectivity index (χ2v) is 5.91. The van der Waals surface area contributed by atoms with Gasteiger partial charge in [-0.3, -0.25) is 4.79 Å². The van der Waals surface area contributed by atoms with Crippen molar-refractivity contribution in [1.29, 1.82) is 0 Å². The summed E-state index contributed by atoms with van der Waals surface area (Å²) in [5.74, 6) is 1.78. The largest absolute Gasteiger partial charge is 0.497 e. The molecule has 134 valence electrons. The highest BCUT2D eigenvalue weighted by Gasteiger charge is 2.03. The third-order valence-corrected chi connectivity index (χ3v) is 3.97. The van der Waals surface area contributed by atoms with Gasteiger partial charge in [-0.1, -0.05) is 24.3 Å². The third-order valence-electron chi connectivity index (χ3n) is 3.97. The van der Waals surface area contributed by atoms with E-state index in [0.29, 0.717) is 19.6 Å². The van der Waals surface area contributed by atoms with E-state index in [0.717, 1.165) is 36.3 Å². The molecule has 2 aromatic rings. The number of amides is 1. The van der Waals surface area contributed by atoms with E-state index in [9.17, 15) is 4.79 Å². The van der Waals surface area contributed by atoms with Gasteiger partial charge in [-0.05, 0) is 61.6 Å². The minimum absolute atomic E-state index is 0.0635. The molecule has 1 N–H and O–H groups in total. The molecule has 4 nitrogen and oxygen atoms in total. The van der Waals surface area contributed by atoms with Gasteiger partial charge in [-0.25, -0.2) is 0 Å². The molecule has 0 aliphatic rings. The predicted molar refractivity (Wildman–Crippen MR) is 100 cm³/mol. The Labute approximate surface area is 150 Å². The minimum atomic E-state index is 0.0635. The summed E-state index contributed by atoms with van der Waals surface area (Å²) in [5, 5.41) is 2.99. The van der Waals surface area contributed by atoms with Gasteiger partial charge in [-0.2, -0.15) is 0 Å². The third kappa shape index (κ3) is 6.87. The number of methoxy groups -OCH3 is 1. The number of carbonyl (C=O) groups is 1. The summed E-state index contributed by atoms with van der Waals surface area (Å²) in [4.78, 5) is 12.0. The maximum Gasteiger partial charge on any atom is 0.224 e. The van der Waals surface area contributed by atoms with E-state index in [-0.39, 0.29) is 5.91 Å². The van der Waals surface area contributed by atoms with Crippen molar-refractivity contribution in [3.63, 3.8) is 0 Å². The Morgan fingerprint density at radius 2 is 1.56 bits per heavy atom. The molecule has 2 aromatic carbocycles. The Morgan fingerprint density at radius 3 is 2.20 bits per heavy atom. The van der Waals surface area contributed by atoms with Crippen LogP contribution < -0.4 is 14.8 Å². The van der Waals surface area contributed by atoms with Crippen molar-refractivity contribution in [3.8, 4) is 11.5 Å². The zero-order valence-electron chi connectivity index (χ0n) is 15.1. The average Bonchev–Trinajstić information content (AvgIpc) is 2.64. The van der Waals surface area contributed by atoms with Crippen molar-refractivity contribution in [2.45, 2.75) is 32.6 Å². The predicted octanol–water partition coefficient (Wildman–Crippen LogP) is 3.78. The van der Waals surface area contributed by atoms with Crippen LogP contribution in [0.15, 0.2) is 48.5 Å². The van der Waals surface area contributed by atoms with Gasteiger partial charge in [0.25, 0.3) is 0 Å². The van der Waals surface area contributed by atoms with Crippen LogP contribution in [0.3, 0.4) is 0 Å². The summed E-state index contributed by atoms with van der Waals surface area (Å²) in [6.07, 6.45) is 3.44. The van der Waals surface area contributed by atoms with E-state index in [1.807, 2.05) is 43.3 Å². The number of hydrogen-bond donors (Lipinski definition) is 1. The monoisotopic (exact) mass is 341 g/mol. The number of aryl methyl sites for hydroxylation is 1. The second-order valence-electron chi connectivity index (χ2n) is 5.91. The lowest BCUT2D eigenvalue weighted by Crippen LogP contribution is -2.26. The first-order valence-corrected chi connectivity index (χ1v) is 8.82. The van der Waals surface area contributed by atoms with Crippen molar-refractivity contribution in [2.75, 3.05) is 20.3 Å². The first kappa shape index (κ1) is 18.8. The molecule has 0 heterocycles. The lowest BCUT2D eigenvalue weighted by atomic mass is 10.1. The number of benzene rings is 2. The molecule has 0 aromatic heterocycles. The molecule has 1 amide bonds. The molecule has 0 spiro atoms. The normalized spacial score (nSPS) is 10.3. The zero-order valence-corrected chi connectivity index (χ0v) is 15.1. The number of rotatable bonds is 10. The molecule has 2 rings (SSSR count). The van der Waals surface area contributed by atoms with Crippen LogP contribution in [0.1, 0.15) is 30.9 Å². The van der Waals surface area contributed by atoms with E-state index >= 15 is 0 Å². The van der Waals surface area contributed by atoms with Crippen LogP contribution in [-0.2, 0) is 17.6 Å². The summed E-state index contributed by atoms with van der Waals surface area (Å²) < 4.78 is 10.6. The molecular weight excluding hydrogens is 314 g/mol. The highest BCUT2D eigenvalue weighted by molar-refractivity contribution is 5.78. The molecule has 0 aliphatic carbocycles.